The van der Waals surface area contributed by atoms with Crippen molar-refractivity contribution in [2.75, 3.05) is 6.54 Å². The number of aliphatic hydroxyl groups is 1. The molecule has 2 atom stereocenters. The number of pyridine rings is 1. The number of amides is 2. The molecule has 12 nitrogen and oxygen atoms in total. The highest BCUT2D eigenvalue weighted by Gasteiger charge is 2.42. The van der Waals surface area contributed by atoms with Gasteiger partial charge in [0.05, 0.1) is 17.8 Å². The van der Waals surface area contributed by atoms with Crippen LogP contribution in [0.15, 0.2) is 28.9 Å². The minimum Gasteiger partial charge on any atom is -0.474 e. The number of benzene rings is 1. The number of nitriles is 1. The van der Waals surface area contributed by atoms with Crippen LogP contribution in [0.4, 0.5) is 4.79 Å². The van der Waals surface area contributed by atoms with Crippen LogP contribution in [0, 0.1) is 18.3 Å². The van der Waals surface area contributed by atoms with E-state index in [0.717, 1.165) is 27.2 Å². The van der Waals surface area contributed by atoms with E-state index in [-0.39, 0.29) is 30.0 Å². The second kappa shape index (κ2) is 11.8. The average molecular weight is 577 g/mol. The molecular weight excluding hydrogens is 540 g/mol. The molecule has 0 spiro atoms. The summed E-state index contributed by atoms with van der Waals surface area (Å²) < 4.78 is 11.1. The van der Waals surface area contributed by atoms with E-state index in [4.69, 9.17) is 9.26 Å². The van der Waals surface area contributed by atoms with Gasteiger partial charge in [0, 0.05) is 30.4 Å². The fraction of sp³-hybridized carbons (Fsp3) is 0.467. The summed E-state index contributed by atoms with van der Waals surface area (Å²) in [5, 5.41) is 34.0. The van der Waals surface area contributed by atoms with Gasteiger partial charge in [0.25, 0.3) is 5.89 Å². The highest BCUT2D eigenvalue weighted by Crippen LogP contribution is 2.32. The first-order chi connectivity index (χ1) is 19.7. The number of hydrogen-bond acceptors (Lipinski definition) is 9. The lowest BCUT2D eigenvalue weighted by Crippen LogP contribution is -2.61. The van der Waals surface area contributed by atoms with Gasteiger partial charge in [-0.1, -0.05) is 17.3 Å². The number of carbonyl (C=O) groups is 2. The predicted octanol–water partition coefficient (Wildman–Crippen LogP) is 4.18. The first-order valence-electron chi connectivity index (χ1n) is 13.7. The number of ether oxygens (including phenoxy) is 1. The zero-order valence-corrected chi connectivity index (χ0v) is 24.9. The van der Waals surface area contributed by atoms with Crippen molar-refractivity contribution in [2.45, 2.75) is 85.2 Å². The van der Waals surface area contributed by atoms with Crippen molar-refractivity contribution in [1.29, 1.82) is 5.26 Å². The van der Waals surface area contributed by atoms with Crippen molar-refractivity contribution < 1.29 is 29.1 Å². The van der Waals surface area contributed by atoms with Crippen molar-refractivity contribution in [1.82, 2.24) is 24.9 Å². The molecular formula is C30H36N6O6. The highest BCUT2D eigenvalue weighted by atomic mass is 16.5. The first-order valence-corrected chi connectivity index (χ1v) is 13.7. The average Bonchev–Trinajstić information content (AvgIpc) is 3.40. The number of carboxylic acid groups (broad SMARTS) is 1. The van der Waals surface area contributed by atoms with Gasteiger partial charge in [-0.25, -0.2) is 9.78 Å². The molecule has 2 amide bonds. The Labute approximate surface area is 244 Å². The largest absolute Gasteiger partial charge is 0.474 e. The van der Waals surface area contributed by atoms with Crippen LogP contribution in [0.2, 0.25) is 0 Å². The SMILES string of the molecule is Cc1c(-c2noc(-c3cnc(OC(C)C)c(C#N)c3)n2)ccc2c1CCN(C(=O)[C@H]([C@@H](C)O)N(C(=O)O)C(C)(C)C)C2. The molecule has 4 rings (SSSR count). The normalized spacial score (nSPS) is 14.6. The van der Waals surface area contributed by atoms with E-state index in [9.17, 15) is 25.1 Å². The Kier molecular flexibility index (Phi) is 8.54. The van der Waals surface area contributed by atoms with E-state index in [1.54, 1.807) is 31.7 Å². The molecule has 2 aromatic heterocycles. The maximum Gasteiger partial charge on any atom is 0.408 e. The molecule has 1 aliphatic rings. The molecule has 1 aliphatic heterocycles. The second-order valence-electron chi connectivity index (χ2n) is 11.7. The molecule has 0 aliphatic carbocycles. The molecule has 0 saturated heterocycles. The number of hydrogen-bond donors (Lipinski definition) is 2. The van der Waals surface area contributed by atoms with Crippen LogP contribution >= 0.6 is 0 Å². The topological polar surface area (TPSA) is 166 Å². The second-order valence-corrected chi connectivity index (χ2v) is 11.7. The van der Waals surface area contributed by atoms with Crippen LogP contribution in [-0.4, -0.2) is 77.5 Å². The summed E-state index contributed by atoms with van der Waals surface area (Å²) >= 11 is 0. The number of aromatic nitrogens is 3. The number of rotatable bonds is 7. The molecule has 3 heterocycles. The van der Waals surface area contributed by atoms with Gasteiger partial charge in [-0.3, -0.25) is 9.69 Å². The van der Waals surface area contributed by atoms with Crippen molar-refractivity contribution >= 4 is 12.0 Å². The van der Waals surface area contributed by atoms with Gasteiger partial charge in [-0.05, 0) is 77.6 Å². The smallest absolute Gasteiger partial charge is 0.408 e. The third-order valence-electron chi connectivity index (χ3n) is 7.15. The summed E-state index contributed by atoms with van der Waals surface area (Å²) in [7, 11) is 0. The van der Waals surface area contributed by atoms with E-state index in [1.807, 2.05) is 32.9 Å². The fourth-order valence-electron chi connectivity index (χ4n) is 5.23. The van der Waals surface area contributed by atoms with Crippen molar-refractivity contribution in [3.63, 3.8) is 0 Å². The fourth-order valence-corrected chi connectivity index (χ4v) is 5.23. The van der Waals surface area contributed by atoms with E-state index in [2.05, 4.69) is 21.2 Å². The molecule has 0 saturated carbocycles. The third kappa shape index (κ3) is 6.06. The summed E-state index contributed by atoms with van der Waals surface area (Å²) in [6.45, 7) is 12.8. The predicted molar refractivity (Wildman–Crippen MR) is 152 cm³/mol. The Morgan fingerprint density at radius 1 is 1.24 bits per heavy atom. The maximum atomic E-state index is 13.6. The van der Waals surface area contributed by atoms with E-state index >= 15 is 0 Å². The Balaban J connectivity index is 1.58. The van der Waals surface area contributed by atoms with E-state index < -0.39 is 29.7 Å². The van der Waals surface area contributed by atoms with Gasteiger partial charge in [-0.15, -0.1) is 0 Å². The van der Waals surface area contributed by atoms with Gasteiger partial charge < -0.3 is 24.4 Å². The molecule has 0 unspecified atom stereocenters. The molecule has 222 valence electrons. The third-order valence-corrected chi connectivity index (χ3v) is 7.15. The van der Waals surface area contributed by atoms with Gasteiger partial charge in [0.2, 0.25) is 17.6 Å². The van der Waals surface area contributed by atoms with Gasteiger partial charge in [-0.2, -0.15) is 10.2 Å². The minimum atomic E-state index is -1.27. The number of aliphatic hydroxyl groups excluding tert-OH is 1. The standard InChI is InChI=1S/C30H36N6O6/c1-16(2)41-26-20(13-31)12-21(14-32-26)27-33-25(34-42-27)23-9-8-19-15-35(11-10-22(19)17(23)3)28(38)24(18(4)37)36(29(39)40)30(5,6)7/h8-9,12,14,16,18,24,37H,10-11,15H2,1-7H3,(H,39,40)/t18-,24+/m1/s1. The van der Waals surface area contributed by atoms with E-state index in [1.165, 1.54) is 13.1 Å². The van der Waals surface area contributed by atoms with E-state index in [0.29, 0.717) is 24.4 Å². The van der Waals surface area contributed by atoms with Crippen LogP contribution < -0.4 is 4.74 Å². The lowest BCUT2D eigenvalue weighted by Gasteiger charge is -2.42. The summed E-state index contributed by atoms with van der Waals surface area (Å²) in [5.74, 6) is 0.391. The zero-order valence-electron chi connectivity index (χ0n) is 24.9. The summed E-state index contributed by atoms with van der Waals surface area (Å²) in [4.78, 5) is 37.1. The number of nitrogens with zero attached hydrogens (tertiary/aromatic N) is 6. The number of carbonyl (C=O) groups excluding carboxylic acids is 1. The molecule has 0 fully saturated rings. The van der Waals surface area contributed by atoms with Crippen LogP contribution in [0.5, 0.6) is 5.88 Å². The molecule has 12 heteroatoms. The summed E-state index contributed by atoms with van der Waals surface area (Å²) in [6, 6.07) is 6.21. The monoisotopic (exact) mass is 576 g/mol. The zero-order chi connectivity index (χ0) is 30.9. The molecule has 0 bridgehead atoms. The minimum absolute atomic E-state index is 0.134. The van der Waals surface area contributed by atoms with Crippen molar-refractivity contribution in [3.8, 4) is 34.8 Å². The van der Waals surface area contributed by atoms with Gasteiger partial charge in [0.15, 0.2) is 0 Å². The summed E-state index contributed by atoms with van der Waals surface area (Å²) in [5.41, 5.74) is 3.54. The number of fused-ring (bicyclic) bond motifs is 1. The van der Waals surface area contributed by atoms with Gasteiger partial charge in [0.1, 0.15) is 17.7 Å². The van der Waals surface area contributed by atoms with Crippen LogP contribution in [0.1, 0.15) is 63.8 Å². The van der Waals surface area contributed by atoms with Crippen molar-refractivity contribution in [2.24, 2.45) is 0 Å². The Hall–Kier alpha value is -4.50. The molecule has 3 aromatic rings. The Morgan fingerprint density at radius 3 is 2.55 bits per heavy atom. The van der Waals surface area contributed by atoms with Crippen LogP contribution in [0.25, 0.3) is 22.8 Å². The Morgan fingerprint density at radius 2 is 1.95 bits per heavy atom. The van der Waals surface area contributed by atoms with Gasteiger partial charge >= 0.3 is 6.09 Å². The lowest BCUT2D eigenvalue weighted by atomic mass is 9.90. The molecule has 42 heavy (non-hydrogen) atoms. The lowest BCUT2D eigenvalue weighted by molar-refractivity contribution is -0.143. The first kappa shape index (κ1) is 30.5. The molecule has 2 N–H and O–H groups in total. The highest BCUT2D eigenvalue weighted by molar-refractivity contribution is 5.86. The van der Waals surface area contributed by atoms with Crippen molar-refractivity contribution in [3.05, 3.63) is 46.6 Å². The van der Waals surface area contributed by atoms with Crippen LogP contribution in [0.3, 0.4) is 0 Å². The molecule has 1 aromatic carbocycles. The Bertz CT molecular complexity index is 1530. The quantitative estimate of drug-likeness (QED) is 0.417. The molecule has 0 radical (unpaired) electrons. The summed E-state index contributed by atoms with van der Waals surface area (Å²) in [6.07, 6.45) is -0.534. The maximum absolute atomic E-state index is 13.6. The van der Waals surface area contributed by atoms with Crippen LogP contribution in [-0.2, 0) is 17.8 Å².